The highest BCUT2D eigenvalue weighted by atomic mass is 14.7. The first kappa shape index (κ1) is 15.3. The van der Waals surface area contributed by atoms with E-state index in [0.717, 1.165) is 33.1 Å². The Balaban J connectivity index is 1.67. The molecule has 0 fully saturated rings. The van der Waals surface area contributed by atoms with Gasteiger partial charge in [-0.25, -0.2) is 4.98 Å². The fourth-order valence-corrected chi connectivity index (χ4v) is 4.06. The van der Waals surface area contributed by atoms with E-state index in [0.29, 0.717) is 0 Å². The van der Waals surface area contributed by atoms with Gasteiger partial charge in [-0.3, -0.25) is 4.98 Å². The molecule has 0 saturated carbocycles. The molecule has 0 aliphatic heterocycles. The number of pyridine rings is 2. The molecule has 28 heavy (non-hydrogen) atoms. The minimum absolute atomic E-state index is 0.951. The monoisotopic (exact) mass is 356 g/mol. The quantitative estimate of drug-likeness (QED) is 0.240. The van der Waals surface area contributed by atoms with E-state index in [4.69, 9.17) is 4.98 Å². The topological polar surface area (TPSA) is 25.8 Å². The lowest BCUT2D eigenvalue weighted by atomic mass is 9.97. The van der Waals surface area contributed by atoms with E-state index in [1.54, 1.807) is 0 Å². The molecule has 0 radical (unpaired) electrons. The Labute approximate surface area is 162 Å². The predicted octanol–water partition coefficient (Wildman–Crippen LogP) is 6.76. The number of hydrogen-bond donors (Lipinski definition) is 0. The van der Waals surface area contributed by atoms with Gasteiger partial charge in [-0.05, 0) is 45.8 Å². The molecule has 0 spiro atoms. The summed E-state index contributed by atoms with van der Waals surface area (Å²) in [7, 11) is 0. The third-order valence-corrected chi connectivity index (χ3v) is 5.45. The highest BCUT2D eigenvalue weighted by Gasteiger charge is 2.09. The summed E-state index contributed by atoms with van der Waals surface area (Å²) in [5.41, 5.74) is 4.03. The highest BCUT2D eigenvalue weighted by molar-refractivity contribution is 6.07. The van der Waals surface area contributed by atoms with Crippen LogP contribution in [-0.4, -0.2) is 9.97 Å². The molecule has 6 aromatic rings. The normalized spacial score (nSPS) is 11.6. The van der Waals surface area contributed by atoms with Crippen LogP contribution in [0.3, 0.4) is 0 Å². The molecule has 4 aromatic carbocycles. The zero-order valence-corrected chi connectivity index (χ0v) is 15.1. The Hall–Kier alpha value is -3.78. The average molecular weight is 356 g/mol. The number of nitrogens with zero attached hydrogens (tertiary/aromatic N) is 2. The number of fused-ring (bicyclic) bond motifs is 5. The Morgan fingerprint density at radius 3 is 2.11 bits per heavy atom. The highest BCUT2D eigenvalue weighted by Crippen LogP contribution is 2.32. The summed E-state index contributed by atoms with van der Waals surface area (Å²) in [6, 6.07) is 32.0. The minimum Gasteiger partial charge on any atom is -0.254 e. The molecule has 0 amide bonds. The van der Waals surface area contributed by atoms with E-state index in [-0.39, 0.29) is 0 Å². The zero-order chi connectivity index (χ0) is 18.5. The van der Waals surface area contributed by atoms with Crippen molar-refractivity contribution in [3.05, 3.63) is 97.2 Å². The summed E-state index contributed by atoms with van der Waals surface area (Å²) in [6.07, 6.45) is 1.83. The van der Waals surface area contributed by atoms with Crippen molar-refractivity contribution in [2.24, 2.45) is 0 Å². The lowest BCUT2D eigenvalue weighted by Crippen LogP contribution is -1.90. The lowest BCUT2D eigenvalue weighted by Gasteiger charge is -2.10. The van der Waals surface area contributed by atoms with Crippen molar-refractivity contribution in [2.75, 3.05) is 0 Å². The average Bonchev–Trinajstić information content (AvgIpc) is 2.77. The van der Waals surface area contributed by atoms with Crippen molar-refractivity contribution < 1.29 is 0 Å². The smallest absolute Gasteiger partial charge is 0.0972 e. The fraction of sp³-hybridized carbons (Fsp3) is 0. The molecule has 130 valence electrons. The van der Waals surface area contributed by atoms with E-state index in [1.165, 1.54) is 21.5 Å². The Morgan fingerprint density at radius 2 is 1.21 bits per heavy atom. The molecular weight excluding hydrogens is 340 g/mol. The molecule has 2 nitrogen and oxygen atoms in total. The summed E-state index contributed by atoms with van der Waals surface area (Å²) in [6.45, 7) is 0. The predicted molar refractivity (Wildman–Crippen MR) is 117 cm³/mol. The van der Waals surface area contributed by atoms with Gasteiger partial charge in [-0.1, -0.05) is 66.7 Å². The van der Waals surface area contributed by atoms with Crippen LogP contribution in [0, 0.1) is 0 Å². The molecule has 0 atom stereocenters. The van der Waals surface area contributed by atoms with Gasteiger partial charge in [0.25, 0.3) is 0 Å². The molecule has 0 unspecified atom stereocenters. The van der Waals surface area contributed by atoms with Crippen molar-refractivity contribution >= 4 is 43.4 Å². The Morgan fingerprint density at radius 1 is 0.500 bits per heavy atom. The van der Waals surface area contributed by atoms with Crippen molar-refractivity contribution in [3.63, 3.8) is 0 Å². The fourth-order valence-electron chi connectivity index (χ4n) is 4.06. The summed E-state index contributed by atoms with van der Waals surface area (Å²) >= 11 is 0. The maximum Gasteiger partial charge on any atom is 0.0972 e. The standard InChI is InChI=1S/C26H16N2/c1-2-6-20-16-23-21(15-19(20)5-1)7-3-9-22(23)24-13-12-18-11-10-17-8-4-14-27-25(17)26(18)28-24/h1-16H. The maximum atomic E-state index is 5.04. The molecular formula is C26H16N2. The van der Waals surface area contributed by atoms with E-state index >= 15 is 0 Å². The SMILES string of the molecule is c1ccc2cc3c(-c4ccc5ccc6cccnc6c5n4)cccc3cc2c1. The maximum absolute atomic E-state index is 5.04. The van der Waals surface area contributed by atoms with Crippen molar-refractivity contribution in [2.45, 2.75) is 0 Å². The lowest BCUT2D eigenvalue weighted by molar-refractivity contribution is 1.37. The van der Waals surface area contributed by atoms with Crippen LogP contribution in [-0.2, 0) is 0 Å². The molecule has 2 aromatic heterocycles. The van der Waals surface area contributed by atoms with Crippen LogP contribution in [0.4, 0.5) is 0 Å². The largest absolute Gasteiger partial charge is 0.254 e. The van der Waals surface area contributed by atoms with Crippen LogP contribution in [0.15, 0.2) is 97.2 Å². The van der Waals surface area contributed by atoms with E-state index in [1.807, 2.05) is 12.3 Å². The van der Waals surface area contributed by atoms with Crippen molar-refractivity contribution in [1.82, 2.24) is 9.97 Å². The molecule has 0 aliphatic carbocycles. The molecule has 0 N–H and O–H groups in total. The van der Waals surface area contributed by atoms with Gasteiger partial charge in [0.15, 0.2) is 0 Å². The molecule has 0 bridgehead atoms. The first-order valence-electron chi connectivity index (χ1n) is 9.43. The summed E-state index contributed by atoms with van der Waals surface area (Å²) in [5, 5.41) is 7.18. The molecule has 0 saturated heterocycles. The third kappa shape index (κ3) is 2.28. The second-order valence-corrected chi connectivity index (χ2v) is 7.13. The van der Waals surface area contributed by atoms with Gasteiger partial charge in [-0.15, -0.1) is 0 Å². The van der Waals surface area contributed by atoms with Gasteiger partial charge in [0, 0.05) is 22.5 Å². The molecule has 0 aliphatic rings. The van der Waals surface area contributed by atoms with Gasteiger partial charge in [-0.2, -0.15) is 0 Å². The van der Waals surface area contributed by atoms with Crippen LogP contribution in [0.25, 0.3) is 54.6 Å². The van der Waals surface area contributed by atoms with Crippen LogP contribution < -0.4 is 0 Å². The molecule has 2 heterocycles. The zero-order valence-electron chi connectivity index (χ0n) is 15.1. The van der Waals surface area contributed by atoms with Gasteiger partial charge in [0.2, 0.25) is 0 Å². The summed E-state index contributed by atoms with van der Waals surface area (Å²) in [5.74, 6) is 0. The van der Waals surface area contributed by atoms with Crippen LogP contribution in [0.5, 0.6) is 0 Å². The van der Waals surface area contributed by atoms with Gasteiger partial charge < -0.3 is 0 Å². The number of aromatic nitrogens is 2. The van der Waals surface area contributed by atoms with Gasteiger partial charge in [0.1, 0.15) is 0 Å². The van der Waals surface area contributed by atoms with Crippen molar-refractivity contribution in [3.8, 4) is 11.3 Å². The third-order valence-electron chi connectivity index (χ3n) is 5.45. The second kappa shape index (κ2) is 5.86. The first-order valence-corrected chi connectivity index (χ1v) is 9.43. The number of hydrogen-bond acceptors (Lipinski definition) is 2. The van der Waals surface area contributed by atoms with Gasteiger partial charge in [0.05, 0.1) is 16.7 Å². The Kier molecular flexibility index (Phi) is 3.20. The van der Waals surface area contributed by atoms with Crippen LogP contribution >= 0.6 is 0 Å². The molecule has 2 heteroatoms. The molecule has 6 rings (SSSR count). The van der Waals surface area contributed by atoms with E-state index in [9.17, 15) is 0 Å². The number of rotatable bonds is 1. The summed E-state index contributed by atoms with van der Waals surface area (Å²) < 4.78 is 0. The minimum atomic E-state index is 0.951. The Bertz CT molecular complexity index is 1520. The van der Waals surface area contributed by atoms with E-state index in [2.05, 4.69) is 89.9 Å². The van der Waals surface area contributed by atoms with Crippen molar-refractivity contribution in [1.29, 1.82) is 0 Å². The summed E-state index contributed by atoms with van der Waals surface area (Å²) in [4.78, 5) is 9.63. The van der Waals surface area contributed by atoms with Crippen LogP contribution in [0.1, 0.15) is 0 Å². The van der Waals surface area contributed by atoms with Gasteiger partial charge >= 0.3 is 0 Å². The van der Waals surface area contributed by atoms with E-state index < -0.39 is 0 Å². The first-order chi connectivity index (χ1) is 13.9. The number of benzene rings is 4. The van der Waals surface area contributed by atoms with Crippen LogP contribution in [0.2, 0.25) is 0 Å². The second-order valence-electron chi connectivity index (χ2n) is 7.13.